The number of nitrogens with zero attached hydrogens (tertiary/aromatic N) is 2. The van der Waals surface area contributed by atoms with Crippen LogP contribution in [0.25, 0.3) is 11.3 Å². The molecule has 4 rings (SSSR count). The Kier molecular flexibility index (Phi) is 4.71. The molecule has 0 spiro atoms. The van der Waals surface area contributed by atoms with E-state index in [1.165, 1.54) is 31.2 Å². The van der Waals surface area contributed by atoms with Crippen molar-refractivity contribution in [1.29, 1.82) is 0 Å². The lowest BCUT2D eigenvalue weighted by Gasteiger charge is -2.15. The molecule has 8 heteroatoms. The van der Waals surface area contributed by atoms with Crippen LogP contribution in [-0.4, -0.2) is 17.0 Å². The van der Waals surface area contributed by atoms with Gasteiger partial charge in [0.2, 0.25) is 5.91 Å². The van der Waals surface area contributed by atoms with E-state index in [2.05, 4.69) is 17.5 Å². The Labute approximate surface area is 166 Å². The Bertz CT molecular complexity index is 970. The van der Waals surface area contributed by atoms with E-state index >= 15 is 0 Å². The predicted molar refractivity (Wildman–Crippen MR) is 105 cm³/mol. The van der Waals surface area contributed by atoms with Gasteiger partial charge in [-0.1, -0.05) is 31.4 Å². The lowest BCUT2D eigenvalue weighted by Crippen LogP contribution is -2.22. The van der Waals surface area contributed by atoms with Crippen molar-refractivity contribution in [3.8, 4) is 11.3 Å². The second-order valence-corrected chi connectivity index (χ2v) is 8.10. The lowest BCUT2D eigenvalue weighted by molar-refractivity contribution is -0.384. The number of nitrogens with one attached hydrogen (secondary N) is 1. The first-order chi connectivity index (χ1) is 13.4. The van der Waals surface area contributed by atoms with E-state index in [0.717, 1.165) is 12.8 Å². The molecule has 0 saturated heterocycles. The Morgan fingerprint density at radius 2 is 2.21 bits per heavy atom. The third-order valence-corrected chi connectivity index (χ3v) is 6.35. The number of furan rings is 1. The van der Waals surface area contributed by atoms with Crippen LogP contribution in [0.1, 0.15) is 38.4 Å². The molecule has 1 N–H and O–H groups in total. The Morgan fingerprint density at radius 3 is 2.93 bits per heavy atom. The molecule has 0 radical (unpaired) electrons. The van der Waals surface area contributed by atoms with Crippen LogP contribution in [0.5, 0.6) is 0 Å². The van der Waals surface area contributed by atoms with E-state index in [9.17, 15) is 14.9 Å². The molecular formula is C20H20ClN3O4. The van der Waals surface area contributed by atoms with Gasteiger partial charge in [-0.3, -0.25) is 14.9 Å². The average molecular weight is 402 g/mol. The van der Waals surface area contributed by atoms with Gasteiger partial charge in [0.15, 0.2) is 0 Å². The topological polar surface area (TPSA) is 97.7 Å². The van der Waals surface area contributed by atoms with Crippen LogP contribution in [0.2, 0.25) is 5.02 Å². The highest BCUT2D eigenvalue weighted by Gasteiger charge is 2.64. The third-order valence-electron chi connectivity index (χ3n) is 6.03. The van der Waals surface area contributed by atoms with Crippen LogP contribution >= 0.6 is 11.6 Å². The summed E-state index contributed by atoms with van der Waals surface area (Å²) in [5.41, 5.74) is 3.11. The van der Waals surface area contributed by atoms with Crippen molar-refractivity contribution in [2.75, 3.05) is 0 Å². The van der Waals surface area contributed by atoms with Gasteiger partial charge in [0, 0.05) is 17.5 Å². The zero-order chi connectivity index (χ0) is 19.9. The standard InChI is InChI=1S/C20H20ClN3O4/c1-20-9-3-2-4-14(20)18(20)19(25)23-22-11-13-6-8-17(28-13)12-5-7-15(21)16(10-12)24(26)27/h5-8,10-11,14,18H,2-4,9H2,1H3,(H,23,25)/b22-11-/t14-,18-,20-/m0/s1. The highest BCUT2D eigenvalue weighted by Crippen LogP contribution is 2.66. The fraction of sp³-hybridized carbons (Fsp3) is 0.400. The van der Waals surface area contributed by atoms with Gasteiger partial charge < -0.3 is 4.42 Å². The number of nitro groups is 1. The fourth-order valence-corrected chi connectivity index (χ4v) is 4.65. The van der Waals surface area contributed by atoms with Crippen molar-refractivity contribution in [1.82, 2.24) is 5.43 Å². The van der Waals surface area contributed by atoms with Crippen molar-refractivity contribution >= 4 is 29.4 Å². The zero-order valence-electron chi connectivity index (χ0n) is 15.4. The number of hydrogen-bond donors (Lipinski definition) is 1. The summed E-state index contributed by atoms with van der Waals surface area (Å²) in [5, 5.41) is 15.1. The molecule has 1 aromatic carbocycles. The van der Waals surface area contributed by atoms with E-state index in [1.54, 1.807) is 18.2 Å². The number of hydrazone groups is 1. The van der Waals surface area contributed by atoms with E-state index in [0.29, 0.717) is 23.0 Å². The fourth-order valence-electron chi connectivity index (χ4n) is 4.46. The molecule has 2 aliphatic rings. The summed E-state index contributed by atoms with van der Waals surface area (Å²) in [6.45, 7) is 2.19. The molecular weight excluding hydrogens is 382 g/mol. The number of rotatable bonds is 5. The minimum absolute atomic E-state index is 0.0363. The smallest absolute Gasteiger partial charge is 0.288 e. The molecule has 1 heterocycles. The molecule has 2 aliphatic carbocycles. The van der Waals surface area contributed by atoms with Gasteiger partial charge in [0.05, 0.1) is 11.1 Å². The first-order valence-electron chi connectivity index (χ1n) is 9.27. The maximum atomic E-state index is 12.4. The van der Waals surface area contributed by atoms with Crippen molar-refractivity contribution in [2.24, 2.45) is 22.4 Å². The van der Waals surface area contributed by atoms with E-state index in [1.807, 2.05) is 0 Å². The summed E-state index contributed by atoms with van der Waals surface area (Å²) in [6, 6.07) is 7.84. The maximum Gasteiger partial charge on any atom is 0.288 e. The average Bonchev–Trinajstić information content (AvgIpc) is 3.02. The molecule has 2 saturated carbocycles. The number of fused-ring (bicyclic) bond motifs is 1. The van der Waals surface area contributed by atoms with Crippen LogP contribution in [0.4, 0.5) is 5.69 Å². The summed E-state index contributed by atoms with van der Waals surface area (Å²) in [7, 11) is 0. The molecule has 0 bridgehead atoms. The number of halogens is 1. The number of amides is 1. The van der Waals surface area contributed by atoms with Crippen molar-refractivity contribution in [3.05, 3.63) is 51.2 Å². The SMILES string of the molecule is C[C@]12CCCC[C@H]1[C@H]2C(=O)N/N=C\c1ccc(-c2ccc(Cl)c([N+](=O)[O-])c2)o1. The van der Waals surface area contributed by atoms with Gasteiger partial charge in [-0.2, -0.15) is 5.10 Å². The number of nitro benzene ring substituents is 1. The minimum Gasteiger partial charge on any atom is -0.455 e. The van der Waals surface area contributed by atoms with E-state index < -0.39 is 4.92 Å². The van der Waals surface area contributed by atoms with Gasteiger partial charge >= 0.3 is 0 Å². The Balaban J connectivity index is 1.41. The molecule has 3 atom stereocenters. The maximum absolute atomic E-state index is 12.4. The number of carbonyl (C=O) groups is 1. The van der Waals surface area contributed by atoms with Gasteiger partial charge in [-0.05, 0) is 48.4 Å². The lowest BCUT2D eigenvalue weighted by atomic mass is 9.90. The highest BCUT2D eigenvalue weighted by atomic mass is 35.5. The van der Waals surface area contributed by atoms with E-state index in [4.69, 9.17) is 16.0 Å². The molecule has 1 amide bonds. The Hall–Kier alpha value is -2.67. The molecule has 2 aromatic rings. The molecule has 28 heavy (non-hydrogen) atoms. The summed E-state index contributed by atoms with van der Waals surface area (Å²) >= 11 is 5.83. The van der Waals surface area contributed by atoms with Crippen LogP contribution in [0.15, 0.2) is 39.9 Å². The van der Waals surface area contributed by atoms with Gasteiger partial charge in [0.25, 0.3) is 5.69 Å². The first-order valence-corrected chi connectivity index (χ1v) is 9.65. The predicted octanol–water partition coefficient (Wildman–Crippen LogP) is 4.78. The Morgan fingerprint density at radius 1 is 1.39 bits per heavy atom. The van der Waals surface area contributed by atoms with Crippen molar-refractivity contribution in [3.63, 3.8) is 0 Å². The van der Waals surface area contributed by atoms with Crippen LogP contribution in [-0.2, 0) is 4.79 Å². The quantitative estimate of drug-likeness (QED) is 0.442. The molecule has 7 nitrogen and oxygen atoms in total. The van der Waals surface area contributed by atoms with Crippen molar-refractivity contribution in [2.45, 2.75) is 32.6 Å². The van der Waals surface area contributed by atoms with Crippen LogP contribution in [0, 0.1) is 27.4 Å². The molecule has 146 valence electrons. The number of carbonyl (C=O) groups excluding carboxylic acids is 1. The highest BCUT2D eigenvalue weighted by molar-refractivity contribution is 6.32. The first kappa shape index (κ1) is 18.7. The van der Waals surface area contributed by atoms with Crippen molar-refractivity contribution < 1.29 is 14.1 Å². The number of benzene rings is 1. The van der Waals surface area contributed by atoms with Gasteiger partial charge in [-0.25, -0.2) is 5.43 Å². The molecule has 2 fully saturated rings. The summed E-state index contributed by atoms with van der Waals surface area (Å²) in [5.74, 6) is 1.38. The molecule has 0 aliphatic heterocycles. The summed E-state index contributed by atoms with van der Waals surface area (Å²) in [6.07, 6.45) is 6.05. The second-order valence-electron chi connectivity index (χ2n) is 7.70. The summed E-state index contributed by atoms with van der Waals surface area (Å²) < 4.78 is 5.65. The largest absolute Gasteiger partial charge is 0.455 e. The zero-order valence-corrected chi connectivity index (χ0v) is 16.1. The normalized spacial score (nSPS) is 26.1. The van der Waals surface area contributed by atoms with E-state index in [-0.39, 0.29) is 28.0 Å². The third kappa shape index (κ3) is 3.30. The van der Waals surface area contributed by atoms with Crippen LogP contribution < -0.4 is 5.43 Å². The van der Waals surface area contributed by atoms with Crippen LogP contribution in [0.3, 0.4) is 0 Å². The number of hydrogen-bond acceptors (Lipinski definition) is 5. The second kappa shape index (κ2) is 7.05. The summed E-state index contributed by atoms with van der Waals surface area (Å²) in [4.78, 5) is 22.9. The van der Waals surface area contributed by atoms with Gasteiger partial charge in [-0.15, -0.1) is 0 Å². The minimum atomic E-state index is -0.539. The molecule has 1 aromatic heterocycles. The monoisotopic (exact) mass is 401 g/mol. The molecule has 0 unspecified atom stereocenters. The van der Waals surface area contributed by atoms with Gasteiger partial charge in [0.1, 0.15) is 16.5 Å².